The van der Waals surface area contributed by atoms with Crippen molar-refractivity contribution in [2.24, 2.45) is 17.3 Å². The van der Waals surface area contributed by atoms with Crippen LogP contribution in [0.2, 0.25) is 0 Å². The SMILES string of the molecule is O=C(CC12CC3CC(CC(Br)(C3)C1)C2)N1CCN(c2ncccn2)CC1. The first-order valence-corrected chi connectivity index (χ1v) is 10.8. The van der Waals surface area contributed by atoms with E-state index in [1.165, 1.54) is 38.5 Å². The second-order valence-electron chi connectivity index (χ2n) is 9.21. The first-order chi connectivity index (χ1) is 12.5. The van der Waals surface area contributed by atoms with Crippen LogP contribution < -0.4 is 4.90 Å². The lowest BCUT2D eigenvalue weighted by Crippen LogP contribution is -2.55. The molecule has 26 heavy (non-hydrogen) atoms. The molecule has 1 aliphatic heterocycles. The van der Waals surface area contributed by atoms with Crippen molar-refractivity contribution in [1.82, 2.24) is 14.9 Å². The molecule has 140 valence electrons. The molecule has 5 aliphatic rings. The summed E-state index contributed by atoms with van der Waals surface area (Å²) in [6, 6.07) is 1.84. The Kier molecular flexibility index (Phi) is 4.03. The molecule has 6 rings (SSSR count). The highest BCUT2D eigenvalue weighted by Gasteiger charge is 2.57. The van der Waals surface area contributed by atoms with Crippen molar-refractivity contribution in [3.8, 4) is 0 Å². The van der Waals surface area contributed by atoms with Crippen LogP contribution in [0.25, 0.3) is 0 Å². The highest BCUT2D eigenvalue weighted by Crippen LogP contribution is 2.65. The summed E-state index contributed by atoms with van der Waals surface area (Å²) in [4.78, 5) is 26.0. The minimum Gasteiger partial charge on any atom is -0.339 e. The molecule has 4 bridgehead atoms. The van der Waals surface area contributed by atoms with E-state index >= 15 is 0 Å². The second kappa shape index (κ2) is 6.18. The number of carbonyl (C=O) groups excluding carboxylic acids is 1. The van der Waals surface area contributed by atoms with Gasteiger partial charge in [-0.15, -0.1) is 0 Å². The lowest BCUT2D eigenvalue weighted by atomic mass is 9.48. The van der Waals surface area contributed by atoms with Gasteiger partial charge in [0, 0.05) is 49.3 Å². The van der Waals surface area contributed by atoms with Crippen LogP contribution in [0.5, 0.6) is 0 Å². The van der Waals surface area contributed by atoms with Crippen LogP contribution in [0.15, 0.2) is 18.5 Å². The second-order valence-corrected chi connectivity index (χ2v) is 10.9. The summed E-state index contributed by atoms with van der Waals surface area (Å²) in [5, 5.41) is 0. The van der Waals surface area contributed by atoms with E-state index in [0.717, 1.165) is 50.4 Å². The zero-order chi connectivity index (χ0) is 17.8. The van der Waals surface area contributed by atoms with Gasteiger partial charge >= 0.3 is 0 Å². The van der Waals surface area contributed by atoms with Gasteiger partial charge in [-0.2, -0.15) is 0 Å². The number of alkyl halides is 1. The maximum Gasteiger partial charge on any atom is 0.225 e. The highest BCUT2D eigenvalue weighted by molar-refractivity contribution is 9.10. The molecule has 0 radical (unpaired) electrons. The minimum absolute atomic E-state index is 0.268. The van der Waals surface area contributed by atoms with E-state index in [1.807, 2.05) is 6.07 Å². The van der Waals surface area contributed by atoms with Crippen LogP contribution in [0, 0.1) is 17.3 Å². The molecular weight excluding hydrogens is 392 g/mol. The van der Waals surface area contributed by atoms with Gasteiger partial charge in [-0.1, -0.05) is 15.9 Å². The third-order valence-electron chi connectivity index (χ3n) is 7.10. The Bertz CT molecular complexity index is 674. The van der Waals surface area contributed by atoms with Crippen LogP contribution in [0.3, 0.4) is 0 Å². The number of hydrogen-bond acceptors (Lipinski definition) is 4. The number of carbonyl (C=O) groups is 1. The average Bonchev–Trinajstić information content (AvgIpc) is 2.60. The first kappa shape index (κ1) is 17.0. The molecule has 1 amide bonds. The van der Waals surface area contributed by atoms with E-state index in [1.54, 1.807) is 12.4 Å². The molecular formula is C20H27BrN4O. The zero-order valence-electron chi connectivity index (χ0n) is 15.2. The molecule has 4 saturated carbocycles. The normalized spacial score (nSPS) is 38.7. The Hall–Kier alpha value is -1.17. The molecule has 1 aromatic heterocycles. The third-order valence-corrected chi connectivity index (χ3v) is 8.03. The number of piperazine rings is 1. The van der Waals surface area contributed by atoms with Crippen LogP contribution in [0.1, 0.15) is 44.9 Å². The predicted molar refractivity (Wildman–Crippen MR) is 104 cm³/mol. The fourth-order valence-corrected chi connectivity index (χ4v) is 8.10. The van der Waals surface area contributed by atoms with Crippen LogP contribution in [-0.4, -0.2) is 51.3 Å². The van der Waals surface area contributed by atoms with Gasteiger partial charge in [0.2, 0.25) is 11.9 Å². The van der Waals surface area contributed by atoms with E-state index in [-0.39, 0.29) is 5.41 Å². The molecule has 2 unspecified atom stereocenters. The van der Waals surface area contributed by atoms with Gasteiger partial charge in [0.1, 0.15) is 0 Å². The summed E-state index contributed by atoms with van der Waals surface area (Å²) in [6.45, 7) is 3.24. The number of amides is 1. The van der Waals surface area contributed by atoms with Crippen LogP contribution >= 0.6 is 15.9 Å². The maximum absolute atomic E-state index is 13.1. The topological polar surface area (TPSA) is 49.3 Å². The largest absolute Gasteiger partial charge is 0.339 e. The fraction of sp³-hybridized carbons (Fsp3) is 0.750. The van der Waals surface area contributed by atoms with Crippen LogP contribution in [-0.2, 0) is 4.79 Å². The lowest BCUT2D eigenvalue weighted by Gasteiger charge is -2.60. The molecule has 0 spiro atoms. The number of nitrogens with zero attached hydrogens (tertiary/aromatic N) is 4. The number of anilines is 1. The number of halogens is 1. The number of hydrogen-bond donors (Lipinski definition) is 0. The Morgan fingerprint density at radius 3 is 2.35 bits per heavy atom. The van der Waals surface area contributed by atoms with E-state index in [2.05, 4.69) is 35.7 Å². The van der Waals surface area contributed by atoms with E-state index in [9.17, 15) is 4.79 Å². The predicted octanol–water partition coefficient (Wildman–Crippen LogP) is 3.25. The Labute approximate surface area is 163 Å². The fourth-order valence-electron chi connectivity index (χ4n) is 6.59. The molecule has 1 aromatic rings. The van der Waals surface area contributed by atoms with Crippen molar-refractivity contribution >= 4 is 27.8 Å². The van der Waals surface area contributed by atoms with E-state index in [4.69, 9.17) is 0 Å². The summed E-state index contributed by atoms with van der Waals surface area (Å²) < 4.78 is 0.334. The van der Waals surface area contributed by atoms with Gasteiger partial charge < -0.3 is 9.80 Å². The standard InChI is InChI=1S/C20H27BrN4O/c21-20-11-15-8-16(12-20)10-19(9-15,14-20)13-17(26)24-4-6-25(7-5-24)18-22-2-1-3-23-18/h1-3,15-16H,4-14H2. The van der Waals surface area contributed by atoms with Gasteiger partial charge in [-0.3, -0.25) is 4.79 Å². The quantitative estimate of drug-likeness (QED) is 0.706. The van der Waals surface area contributed by atoms with Crippen molar-refractivity contribution in [2.45, 2.75) is 49.3 Å². The summed E-state index contributed by atoms with van der Waals surface area (Å²) >= 11 is 4.07. The molecule has 2 heterocycles. The summed E-state index contributed by atoms with van der Waals surface area (Å²) in [5.74, 6) is 2.84. The first-order valence-electron chi connectivity index (χ1n) is 10.0. The van der Waals surface area contributed by atoms with Gasteiger partial charge in [0.15, 0.2) is 0 Å². The molecule has 0 aromatic carbocycles. The summed E-state index contributed by atoms with van der Waals surface area (Å²) in [6.07, 6.45) is 12.1. The van der Waals surface area contributed by atoms with Crippen molar-refractivity contribution in [1.29, 1.82) is 0 Å². The summed E-state index contributed by atoms with van der Waals surface area (Å²) in [5.41, 5.74) is 0.268. The number of rotatable bonds is 3. The number of aromatic nitrogens is 2. The Morgan fingerprint density at radius 1 is 1.08 bits per heavy atom. The van der Waals surface area contributed by atoms with Crippen molar-refractivity contribution in [3.63, 3.8) is 0 Å². The summed E-state index contributed by atoms with van der Waals surface area (Å²) in [7, 11) is 0. The van der Waals surface area contributed by atoms with Gasteiger partial charge in [0.05, 0.1) is 0 Å². The minimum atomic E-state index is 0.268. The molecule has 5 fully saturated rings. The van der Waals surface area contributed by atoms with E-state index < -0.39 is 0 Å². The van der Waals surface area contributed by atoms with E-state index in [0.29, 0.717) is 10.2 Å². The Morgan fingerprint density at radius 2 is 1.73 bits per heavy atom. The van der Waals surface area contributed by atoms with Gasteiger partial charge in [-0.25, -0.2) is 9.97 Å². The molecule has 2 atom stereocenters. The zero-order valence-corrected chi connectivity index (χ0v) is 16.8. The monoisotopic (exact) mass is 418 g/mol. The van der Waals surface area contributed by atoms with Gasteiger partial charge in [0.25, 0.3) is 0 Å². The molecule has 1 saturated heterocycles. The van der Waals surface area contributed by atoms with Crippen LogP contribution in [0.4, 0.5) is 5.95 Å². The smallest absolute Gasteiger partial charge is 0.225 e. The highest BCUT2D eigenvalue weighted by atomic mass is 79.9. The Balaban J connectivity index is 1.22. The molecule has 6 heteroatoms. The molecule has 0 N–H and O–H groups in total. The third kappa shape index (κ3) is 3.04. The van der Waals surface area contributed by atoms with Crippen molar-refractivity contribution in [3.05, 3.63) is 18.5 Å². The molecule has 4 aliphatic carbocycles. The lowest BCUT2D eigenvalue weighted by molar-refractivity contribution is -0.138. The van der Waals surface area contributed by atoms with Crippen molar-refractivity contribution < 1.29 is 4.79 Å². The van der Waals surface area contributed by atoms with Crippen molar-refractivity contribution in [2.75, 3.05) is 31.1 Å². The average molecular weight is 419 g/mol. The van der Waals surface area contributed by atoms with Gasteiger partial charge in [-0.05, 0) is 61.8 Å². The maximum atomic E-state index is 13.1. The molecule has 5 nitrogen and oxygen atoms in total.